The maximum atomic E-state index is 11.5. The Labute approximate surface area is 88.9 Å². The maximum Gasteiger partial charge on any atom is 0.163 e. The van der Waals surface area contributed by atoms with Crippen molar-refractivity contribution in [2.75, 3.05) is 0 Å². The Morgan fingerprint density at radius 3 is 2.73 bits per heavy atom. The van der Waals surface area contributed by atoms with Crippen LogP contribution in [0, 0.1) is 6.92 Å². The van der Waals surface area contributed by atoms with Crippen molar-refractivity contribution >= 4 is 16.8 Å². The molecule has 0 aliphatic heterocycles. The number of aryl methyl sites for hydroxylation is 2. The van der Waals surface area contributed by atoms with Crippen molar-refractivity contribution in [3.05, 3.63) is 35.1 Å². The van der Waals surface area contributed by atoms with E-state index in [1.165, 1.54) is 5.56 Å². The first-order valence-electron chi connectivity index (χ1n) is 5.16. The molecule has 78 valence electrons. The van der Waals surface area contributed by atoms with Gasteiger partial charge in [0.1, 0.15) is 11.3 Å². The van der Waals surface area contributed by atoms with E-state index in [1.807, 2.05) is 25.1 Å². The van der Waals surface area contributed by atoms with Crippen LogP contribution in [0.25, 0.3) is 11.0 Å². The standard InChI is InChI=1S/C13H14O2/c1-4-10-5-6-12-11(7-10)13(8(2)14)9(3)15-12/h5-7H,4H2,1-3H3. The molecule has 0 N–H and O–H groups in total. The van der Waals surface area contributed by atoms with Crippen LogP contribution in [-0.2, 0) is 6.42 Å². The van der Waals surface area contributed by atoms with Crippen molar-refractivity contribution < 1.29 is 9.21 Å². The molecular formula is C13H14O2. The summed E-state index contributed by atoms with van der Waals surface area (Å²) in [6.07, 6.45) is 0.970. The summed E-state index contributed by atoms with van der Waals surface area (Å²) in [5.41, 5.74) is 2.75. The molecule has 0 saturated carbocycles. The highest BCUT2D eigenvalue weighted by Gasteiger charge is 2.14. The van der Waals surface area contributed by atoms with Crippen LogP contribution in [0.15, 0.2) is 22.6 Å². The minimum Gasteiger partial charge on any atom is -0.461 e. The molecule has 15 heavy (non-hydrogen) atoms. The van der Waals surface area contributed by atoms with Crippen LogP contribution in [0.1, 0.15) is 35.5 Å². The SMILES string of the molecule is CCc1ccc2oc(C)c(C(C)=O)c2c1. The van der Waals surface area contributed by atoms with E-state index in [2.05, 4.69) is 6.92 Å². The number of rotatable bonds is 2. The molecule has 0 fully saturated rings. The summed E-state index contributed by atoms with van der Waals surface area (Å²) in [4.78, 5) is 11.5. The summed E-state index contributed by atoms with van der Waals surface area (Å²) in [6, 6.07) is 6.02. The molecule has 0 amide bonds. The number of Topliss-reactive ketones (excluding diaryl/α,β-unsaturated/α-hetero) is 1. The van der Waals surface area contributed by atoms with Gasteiger partial charge in [0.2, 0.25) is 0 Å². The van der Waals surface area contributed by atoms with Gasteiger partial charge < -0.3 is 4.42 Å². The highest BCUT2D eigenvalue weighted by atomic mass is 16.3. The molecule has 2 heteroatoms. The van der Waals surface area contributed by atoms with E-state index >= 15 is 0 Å². The number of carbonyl (C=O) groups excluding carboxylic acids is 1. The minimum atomic E-state index is 0.0690. The van der Waals surface area contributed by atoms with E-state index in [4.69, 9.17) is 4.42 Å². The first-order chi connectivity index (χ1) is 7.13. The number of furan rings is 1. The van der Waals surface area contributed by atoms with E-state index in [0.29, 0.717) is 5.76 Å². The number of benzene rings is 1. The van der Waals surface area contributed by atoms with E-state index in [9.17, 15) is 4.79 Å². The molecule has 2 aromatic rings. The summed E-state index contributed by atoms with van der Waals surface area (Å²) >= 11 is 0. The van der Waals surface area contributed by atoms with Crippen molar-refractivity contribution in [3.63, 3.8) is 0 Å². The first-order valence-corrected chi connectivity index (χ1v) is 5.16. The quantitative estimate of drug-likeness (QED) is 0.697. The number of carbonyl (C=O) groups is 1. The van der Waals surface area contributed by atoms with Gasteiger partial charge in [0.05, 0.1) is 5.56 Å². The second kappa shape index (κ2) is 3.54. The fourth-order valence-electron chi connectivity index (χ4n) is 1.92. The summed E-state index contributed by atoms with van der Waals surface area (Å²) < 4.78 is 5.54. The van der Waals surface area contributed by atoms with Gasteiger partial charge in [-0.05, 0) is 38.0 Å². The topological polar surface area (TPSA) is 30.2 Å². The van der Waals surface area contributed by atoms with Crippen LogP contribution >= 0.6 is 0 Å². The van der Waals surface area contributed by atoms with Crippen molar-refractivity contribution in [3.8, 4) is 0 Å². The lowest BCUT2D eigenvalue weighted by molar-refractivity contribution is 0.101. The predicted octanol–water partition coefficient (Wildman–Crippen LogP) is 3.51. The van der Waals surface area contributed by atoms with Crippen LogP contribution in [-0.4, -0.2) is 5.78 Å². The summed E-state index contributed by atoms with van der Waals surface area (Å²) in [7, 11) is 0. The first kappa shape index (κ1) is 9.97. The van der Waals surface area contributed by atoms with E-state index in [0.717, 1.165) is 23.0 Å². The molecule has 0 atom stereocenters. The Morgan fingerprint density at radius 2 is 2.13 bits per heavy atom. The van der Waals surface area contributed by atoms with Crippen molar-refractivity contribution in [2.45, 2.75) is 27.2 Å². The van der Waals surface area contributed by atoms with Crippen molar-refractivity contribution in [1.82, 2.24) is 0 Å². The van der Waals surface area contributed by atoms with Crippen LogP contribution in [0.2, 0.25) is 0 Å². The lowest BCUT2D eigenvalue weighted by Crippen LogP contribution is -1.92. The molecule has 0 unspecified atom stereocenters. The zero-order valence-electron chi connectivity index (χ0n) is 9.26. The predicted molar refractivity (Wildman–Crippen MR) is 60.3 cm³/mol. The lowest BCUT2D eigenvalue weighted by atomic mass is 10.0. The third-order valence-electron chi connectivity index (χ3n) is 2.69. The summed E-state index contributed by atoms with van der Waals surface area (Å²) in [5.74, 6) is 0.783. The number of hydrogen-bond acceptors (Lipinski definition) is 2. The van der Waals surface area contributed by atoms with Gasteiger partial charge in [-0.15, -0.1) is 0 Å². The van der Waals surface area contributed by atoms with Crippen LogP contribution in [0.3, 0.4) is 0 Å². The van der Waals surface area contributed by atoms with Crippen LogP contribution in [0.4, 0.5) is 0 Å². The molecular weight excluding hydrogens is 188 g/mol. The number of hydrogen-bond donors (Lipinski definition) is 0. The maximum absolute atomic E-state index is 11.5. The van der Waals surface area contributed by atoms with Gasteiger partial charge in [0.25, 0.3) is 0 Å². The molecule has 1 aromatic carbocycles. The zero-order valence-corrected chi connectivity index (χ0v) is 9.26. The fourth-order valence-corrected chi connectivity index (χ4v) is 1.92. The molecule has 0 aliphatic carbocycles. The zero-order chi connectivity index (χ0) is 11.0. The second-order valence-electron chi connectivity index (χ2n) is 3.77. The van der Waals surface area contributed by atoms with E-state index in [1.54, 1.807) is 6.92 Å². The van der Waals surface area contributed by atoms with Gasteiger partial charge in [-0.25, -0.2) is 0 Å². The molecule has 0 spiro atoms. The average molecular weight is 202 g/mol. The van der Waals surface area contributed by atoms with Gasteiger partial charge in [0.15, 0.2) is 5.78 Å². The van der Waals surface area contributed by atoms with Crippen molar-refractivity contribution in [1.29, 1.82) is 0 Å². The number of ketones is 1. The second-order valence-corrected chi connectivity index (χ2v) is 3.77. The largest absolute Gasteiger partial charge is 0.461 e. The Kier molecular flexibility index (Phi) is 2.35. The lowest BCUT2D eigenvalue weighted by Gasteiger charge is -1.96. The molecule has 1 aromatic heterocycles. The third kappa shape index (κ3) is 1.56. The molecule has 0 radical (unpaired) electrons. The van der Waals surface area contributed by atoms with Gasteiger partial charge in [-0.2, -0.15) is 0 Å². The van der Waals surface area contributed by atoms with Gasteiger partial charge >= 0.3 is 0 Å². The average Bonchev–Trinajstić information content (AvgIpc) is 2.52. The van der Waals surface area contributed by atoms with Crippen LogP contribution in [0.5, 0.6) is 0 Å². The minimum absolute atomic E-state index is 0.0690. The Balaban J connectivity index is 2.77. The van der Waals surface area contributed by atoms with Gasteiger partial charge in [-0.1, -0.05) is 13.0 Å². The molecule has 0 saturated heterocycles. The number of fused-ring (bicyclic) bond motifs is 1. The summed E-state index contributed by atoms with van der Waals surface area (Å²) in [6.45, 7) is 5.51. The Bertz CT molecular complexity index is 521. The monoisotopic (exact) mass is 202 g/mol. The Morgan fingerprint density at radius 1 is 1.40 bits per heavy atom. The Hall–Kier alpha value is -1.57. The third-order valence-corrected chi connectivity index (χ3v) is 2.69. The smallest absolute Gasteiger partial charge is 0.163 e. The normalized spacial score (nSPS) is 10.9. The molecule has 1 heterocycles. The van der Waals surface area contributed by atoms with E-state index < -0.39 is 0 Å². The highest BCUT2D eigenvalue weighted by Crippen LogP contribution is 2.26. The van der Waals surface area contributed by atoms with E-state index in [-0.39, 0.29) is 5.78 Å². The van der Waals surface area contributed by atoms with Crippen molar-refractivity contribution in [2.24, 2.45) is 0 Å². The molecule has 0 bridgehead atoms. The highest BCUT2D eigenvalue weighted by molar-refractivity contribution is 6.07. The van der Waals surface area contributed by atoms with Gasteiger partial charge in [-0.3, -0.25) is 4.79 Å². The van der Waals surface area contributed by atoms with Crippen LogP contribution < -0.4 is 0 Å². The van der Waals surface area contributed by atoms with Gasteiger partial charge in [0, 0.05) is 5.39 Å². The summed E-state index contributed by atoms with van der Waals surface area (Å²) in [5, 5.41) is 0.944. The molecule has 2 nitrogen and oxygen atoms in total. The molecule has 2 rings (SSSR count). The molecule has 0 aliphatic rings. The fraction of sp³-hybridized carbons (Fsp3) is 0.308.